The molecule has 1 atom stereocenters. The van der Waals surface area contributed by atoms with Gasteiger partial charge in [0.25, 0.3) is 0 Å². The highest BCUT2D eigenvalue weighted by Gasteiger charge is 2.03. The van der Waals surface area contributed by atoms with Crippen molar-refractivity contribution < 1.29 is 14.9 Å². The summed E-state index contributed by atoms with van der Waals surface area (Å²) in [7, 11) is 0. The van der Waals surface area contributed by atoms with Gasteiger partial charge in [0.05, 0.1) is 6.61 Å². The van der Waals surface area contributed by atoms with Gasteiger partial charge in [-0.1, -0.05) is 6.07 Å². The van der Waals surface area contributed by atoms with E-state index in [0.717, 1.165) is 5.56 Å². The van der Waals surface area contributed by atoms with Crippen LogP contribution in [0.1, 0.15) is 19.4 Å². The van der Waals surface area contributed by atoms with Crippen molar-refractivity contribution in [3.05, 3.63) is 23.8 Å². The number of nitrogens with one attached hydrogen (secondary N) is 1. The number of benzene rings is 1. The van der Waals surface area contributed by atoms with Crippen LogP contribution < -0.4 is 5.32 Å². The molecular weight excluding hydrogens is 206 g/mol. The molecule has 0 aliphatic heterocycles. The molecule has 0 saturated carbocycles. The zero-order valence-corrected chi connectivity index (χ0v) is 9.73. The highest BCUT2D eigenvalue weighted by molar-refractivity contribution is 5.40. The first-order valence-corrected chi connectivity index (χ1v) is 5.45. The molecule has 0 amide bonds. The summed E-state index contributed by atoms with van der Waals surface area (Å²) < 4.78 is 5.27. The van der Waals surface area contributed by atoms with E-state index in [4.69, 9.17) is 9.84 Å². The van der Waals surface area contributed by atoms with E-state index in [9.17, 15) is 5.11 Å². The molecule has 16 heavy (non-hydrogen) atoms. The van der Waals surface area contributed by atoms with Gasteiger partial charge in [-0.05, 0) is 31.5 Å². The van der Waals surface area contributed by atoms with Crippen LogP contribution in [0.2, 0.25) is 0 Å². The number of aromatic hydroxyl groups is 2. The van der Waals surface area contributed by atoms with Gasteiger partial charge in [-0.3, -0.25) is 0 Å². The third kappa shape index (κ3) is 4.08. The largest absolute Gasteiger partial charge is 0.504 e. The van der Waals surface area contributed by atoms with Crippen LogP contribution in [-0.4, -0.2) is 29.5 Å². The number of hydrogen-bond acceptors (Lipinski definition) is 4. The lowest BCUT2D eigenvalue weighted by molar-refractivity contribution is 0.127. The van der Waals surface area contributed by atoms with Crippen molar-refractivity contribution in [2.24, 2.45) is 0 Å². The van der Waals surface area contributed by atoms with Crippen molar-refractivity contribution in [2.75, 3.05) is 13.2 Å². The minimum Gasteiger partial charge on any atom is -0.504 e. The van der Waals surface area contributed by atoms with Crippen LogP contribution in [0.15, 0.2) is 18.2 Å². The average molecular weight is 225 g/mol. The molecule has 1 aromatic carbocycles. The summed E-state index contributed by atoms with van der Waals surface area (Å²) >= 11 is 0. The van der Waals surface area contributed by atoms with Crippen LogP contribution in [0.5, 0.6) is 11.5 Å². The highest BCUT2D eigenvalue weighted by atomic mass is 16.5. The summed E-state index contributed by atoms with van der Waals surface area (Å²) in [5.41, 5.74) is 0.929. The van der Waals surface area contributed by atoms with Crippen molar-refractivity contribution in [1.82, 2.24) is 5.32 Å². The molecule has 4 nitrogen and oxygen atoms in total. The molecule has 1 unspecified atom stereocenters. The van der Waals surface area contributed by atoms with Crippen LogP contribution in [0.3, 0.4) is 0 Å². The molecule has 0 fully saturated rings. The van der Waals surface area contributed by atoms with Crippen molar-refractivity contribution in [3.8, 4) is 11.5 Å². The molecule has 0 saturated heterocycles. The summed E-state index contributed by atoms with van der Waals surface area (Å²) in [4.78, 5) is 0. The SMILES string of the molecule is CCOCC(C)NCc1ccc(O)c(O)c1. The zero-order valence-electron chi connectivity index (χ0n) is 9.73. The van der Waals surface area contributed by atoms with Gasteiger partial charge in [0.1, 0.15) is 0 Å². The molecule has 90 valence electrons. The van der Waals surface area contributed by atoms with E-state index < -0.39 is 0 Å². The fourth-order valence-electron chi connectivity index (χ4n) is 1.32. The monoisotopic (exact) mass is 225 g/mol. The highest BCUT2D eigenvalue weighted by Crippen LogP contribution is 2.24. The summed E-state index contributed by atoms with van der Waals surface area (Å²) in [6.45, 7) is 6.02. The third-order valence-electron chi connectivity index (χ3n) is 2.27. The molecule has 1 rings (SSSR count). The zero-order chi connectivity index (χ0) is 12.0. The minimum atomic E-state index is -0.0916. The molecule has 4 heteroatoms. The van der Waals surface area contributed by atoms with Crippen LogP contribution >= 0.6 is 0 Å². The second-order valence-electron chi connectivity index (χ2n) is 3.76. The van der Waals surface area contributed by atoms with Gasteiger partial charge in [-0.2, -0.15) is 0 Å². The molecule has 0 bridgehead atoms. The topological polar surface area (TPSA) is 61.7 Å². The Morgan fingerprint density at radius 2 is 2.06 bits per heavy atom. The molecule has 0 aromatic heterocycles. The Hall–Kier alpha value is -1.26. The fourth-order valence-corrected chi connectivity index (χ4v) is 1.32. The number of hydrogen-bond donors (Lipinski definition) is 3. The van der Waals surface area contributed by atoms with E-state index in [1.54, 1.807) is 12.1 Å². The molecule has 3 N–H and O–H groups in total. The summed E-state index contributed by atoms with van der Waals surface area (Å²) in [5.74, 6) is -0.178. The normalized spacial score (nSPS) is 12.6. The summed E-state index contributed by atoms with van der Waals surface area (Å²) in [5, 5.41) is 21.7. The van der Waals surface area contributed by atoms with Crippen molar-refractivity contribution in [3.63, 3.8) is 0 Å². The lowest BCUT2D eigenvalue weighted by atomic mass is 10.2. The van der Waals surface area contributed by atoms with E-state index in [1.165, 1.54) is 6.07 Å². The standard InChI is InChI=1S/C12H19NO3/c1-3-16-8-9(2)13-7-10-4-5-11(14)12(15)6-10/h4-6,9,13-15H,3,7-8H2,1-2H3. The van der Waals surface area contributed by atoms with E-state index in [0.29, 0.717) is 19.8 Å². The Labute approximate surface area is 95.9 Å². The summed E-state index contributed by atoms with van der Waals surface area (Å²) in [6.07, 6.45) is 0. The molecular formula is C12H19NO3. The average Bonchev–Trinajstić information content (AvgIpc) is 2.28. The third-order valence-corrected chi connectivity index (χ3v) is 2.27. The second-order valence-corrected chi connectivity index (χ2v) is 3.76. The minimum absolute atomic E-state index is 0.0863. The molecule has 0 heterocycles. The predicted octanol–water partition coefficient (Wildman–Crippen LogP) is 1.61. The first-order valence-electron chi connectivity index (χ1n) is 5.45. The van der Waals surface area contributed by atoms with E-state index in [1.807, 2.05) is 13.8 Å². The van der Waals surface area contributed by atoms with Gasteiger partial charge in [0, 0.05) is 19.2 Å². The Bertz CT molecular complexity index is 328. The maximum Gasteiger partial charge on any atom is 0.157 e. The number of rotatable bonds is 6. The fraction of sp³-hybridized carbons (Fsp3) is 0.500. The Balaban J connectivity index is 2.39. The quantitative estimate of drug-likeness (QED) is 0.644. The van der Waals surface area contributed by atoms with Crippen molar-refractivity contribution in [2.45, 2.75) is 26.4 Å². The van der Waals surface area contributed by atoms with Crippen LogP contribution in [0, 0.1) is 0 Å². The van der Waals surface area contributed by atoms with E-state index >= 15 is 0 Å². The lowest BCUT2D eigenvalue weighted by Crippen LogP contribution is -2.30. The molecule has 0 radical (unpaired) electrons. The number of ether oxygens (including phenoxy) is 1. The molecule has 1 aromatic rings. The van der Waals surface area contributed by atoms with Crippen molar-refractivity contribution >= 4 is 0 Å². The van der Waals surface area contributed by atoms with Gasteiger partial charge in [0.15, 0.2) is 11.5 Å². The van der Waals surface area contributed by atoms with Gasteiger partial charge < -0.3 is 20.3 Å². The second kappa shape index (κ2) is 6.35. The first-order chi connectivity index (χ1) is 7.63. The van der Waals surface area contributed by atoms with Gasteiger partial charge >= 0.3 is 0 Å². The maximum atomic E-state index is 9.30. The number of phenols is 2. The van der Waals surface area contributed by atoms with Gasteiger partial charge in [-0.15, -0.1) is 0 Å². The predicted molar refractivity (Wildman–Crippen MR) is 62.6 cm³/mol. The Kier molecular flexibility index (Phi) is 5.08. The maximum absolute atomic E-state index is 9.30. The van der Waals surface area contributed by atoms with Crippen LogP contribution in [0.4, 0.5) is 0 Å². The van der Waals surface area contributed by atoms with Gasteiger partial charge in [0.2, 0.25) is 0 Å². The Morgan fingerprint density at radius 1 is 1.31 bits per heavy atom. The van der Waals surface area contributed by atoms with Crippen LogP contribution in [0.25, 0.3) is 0 Å². The lowest BCUT2D eigenvalue weighted by Gasteiger charge is -2.13. The van der Waals surface area contributed by atoms with E-state index in [2.05, 4.69) is 5.32 Å². The molecule has 0 aliphatic rings. The number of phenolic OH excluding ortho intramolecular Hbond substituents is 2. The van der Waals surface area contributed by atoms with Crippen molar-refractivity contribution in [1.29, 1.82) is 0 Å². The van der Waals surface area contributed by atoms with E-state index in [-0.39, 0.29) is 17.5 Å². The van der Waals surface area contributed by atoms with Crippen LogP contribution in [-0.2, 0) is 11.3 Å². The Morgan fingerprint density at radius 3 is 2.69 bits per heavy atom. The first kappa shape index (κ1) is 12.8. The summed E-state index contributed by atoms with van der Waals surface area (Å²) in [6, 6.07) is 5.07. The molecule has 0 aliphatic carbocycles. The van der Waals surface area contributed by atoms with Gasteiger partial charge in [-0.25, -0.2) is 0 Å². The smallest absolute Gasteiger partial charge is 0.157 e. The molecule has 0 spiro atoms.